The lowest BCUT2D eigenvalue weighted by Gasteiger charge is -2.11. The van der Waals surface area contributed by atoms with Gasteiger partial charge in [-0.1, -0.05) is 17.7 Å². The average molecular weight is 270 g/mol. The standard InChI is InChI=1S/C17H18O3/c1-11-9-12(2)16(13(3)10-11)17(18)20-15-7-5-14(19-4)6-8-15/h5-10H,1-4H3. The van der Waals surface area contributed by atoms with Crippen LogP contribution in [0.15, 0.2) is 36.4 Å². The number of esters is 1. The van der Waals surface area contributed by atoms with E-state index in [0.717, 1.165) is 22.4 Å². The van der Waals surface area contributed by atoms with Crippen molar-refractivity contribution in [2.45, 2.75) is 20.8 Å². The number of carbonyl (C=O) groups is 1. The Morgan fingerprint density at radius 1 is 0.900 bits per heavy atom. The molecule has 2 aromatic rings. The average Bonchev–Trinajstić information content (AvgIpc) is 2.38. The van der Waals surface area contributed by atoms with E-state index in [-0.39, 0.29) is 5.97 Å². The van der Waals surface area contributed by atoms with Crippen molar-refractivity contribution in [1.29, 1.82) is 0 Å². The van der Waals surface area contributed by atoms with Crippen LogP contribution in [-0.4, -0.2) is 13.1 Å². The second-order valence-corrected chi connectivity index (χ2v) is 4.84. The number of methoxy groups -OCH3 is 1. The van der Waals surface area contributed by atoms with E-state index in [1.807, 2.05) is 32.9 Å². The van der Waals surface area contributed by atoms with E-state index < -0.39 is 0 Å². The van der Waals surface area contributed by atoms with E-state index in [2.05, 4.69) is 0 Å². The molecule has 0 atom stereocenters. The van der Waals surface area contributed by atoms with Crippen molar-refractivity contribution in [3.63, 3.8) is 0 Å². The molecule has 2 aromatic carbocycles. The Morgan fingerprint density at radius 3 is 1.90 bits per heavy atom. The van der Waals surface area contributed by atoms with Gasteiger partial charge in [-0.15, -0.1) is 0 Å². The van der Waals surface area contributed by atoms with Crippen molar-refractivity contribution in [2.24, 2.45) is 0 Å². The zero-order valence-electron chi connectivity index (χ0n) is 12.2. The van der Waals surface area contributed by atoms with Crippen LogP contribution in [0.25, 0.3) is 0 Å². The Kier molecular flexibility index (Phi) is 4.08. The first-order chi connectivity index (χ1) is 9.51. The van der Waals surface area contributed by atoms with Gasteiger partial charge in [0.25, 0.3) is 0 Å². The third kappa shape index (κ3) is 2.99. The van der Waals surface area contributed by atoms with Gasteiger partial charge in [-0.3, -0.25) is 0 Å². The zero-order valence-corrected chi connectivity index (χ0v) is 12.2. The van der Waals surface area contributed by atoms with Crippen molar-refractivity contribution < 1.29 is 14.3 Å². The molecule has 0 radical (unpaired) electrons. The molecule has 2 rings (SSSR count). The number of benzene rings is 2. The van der Waals surface area contributed by atoms with Gasteiger partial charge >= 0.3 is 5.97 Å². The fraction of sp³-hybridized carbons (Fsp3) is 0.235. The first kappa shape index (κ1) is 14.1. The molecule has 0 aliphatic carbocycles. The number of hydrogen-bond donors (Lipinski definition) is 0. The highest BCUT2D eigenvalue weighted by Gasteiger charge is 2.15. The van der Waals surface area contributed by atoms with Crippen molar-refractivity contribution >= 4 is 5.97 Å². The van der Waals surface area contributed by atoms with Crippen LogP contribution in [0.2, 0.25) is 0 Å². The summed E-state index contributed by atoms with van der Waals surface area (Å²) in [6.45, 7) is 5.85. The van der Waals surface area contributed by atoms with Gasteiger partial charge in [0.15, 0.2) is 0 Å². The molecule has 0 heterocycles. The Balaban J connectivity index is 2.23. The van der Waals surface area contributed by atoms with E-state index in [0.29, 0.717) is 11.3 Å². The van der Waals surface area contributed by atoms with Crippen LogP contribution in [0.1, 0.15) is 27.0 Å². The predicted molar refractivity (Wildman–Crippen MR) is 78.6 cm³/mol. The molecule has 3 nitrogen and oxygen atoms in total. The van der Waals surface area contributed by atoms with E-state index in [4.69, 9.17) is 9.47 Å². The van der Waals surface area contributed by atoms with Gasteiger partial charge < -0.3 is 9.47 Å². The van der Waals surface area contributed by atoms with Gasteiger partial charge in [0, 0.05) is 0 Å². The fourth-order valence-electron chi connectivity index (χ4n) is 2.30. The summed E-state index contributed by atoms with van der Waals surface area (Å²) in [5, 5.41) is 0. The van der Waals surface area contributed by atoms with E-state index in [1.54, 1.807) is 31.4 Å². The summed E-state index contributed by atoms with van der Waals surface area (Å²) in [5.74, 6) is 0.910. The van der Waals surface area contributed by atoms with Crippen LogP contribution < -0.4 is 9.47 Å². The quantitative estimate of drug-likeness (QED) is 0.628. The molecule has 0 amide bonds. The third-order valence-electron chi connectivity index (χ3n) is 3.15. The topological polar surface area (TPSA) is 35.5 Å². The smallest absolute Gasteiger partial charge is 0.344 e. The lowest BCUT2D eigenvalue weighted by molar-refractivity contribution is 0.0733. The largest absolute Gasteiger partial charge is 0.497 e. The number of rotatable bonds is 3. The first-order valence-corrected chi connectivity index (χ1v) is 6.45. The highest BCUT2D eigenvalue weighted by Crippen LogP contribution is 2.21. The highest BCUT2D eigenvalue weighted by atomic mass is 16.5. The molecule has 0 N–H and O–H groups in total. The lowest BCUT2D eigenvalue weighted by atomic mass is 10.00. The maximum Gasteiger partial charge on any atom is 0.344 e. The molecule has 0 aliphatic rings. The number of carbonyl (C=O) groups excluding carboxylic acids is 1. The van der Waals surface area contributed by atoms with Gasteiger partial charge in [0.05, 0.1) is 12.7 Å². The monoisotopic (exact) mass is 270 g/mol. The van der Waals surface area contributed by atoms with Crippen molar-refractivity contribution in [3.8, 4) is 11.5 Å². The summed E-state index contributed by atoms with van der Waals surface area (Å²) in [5.41, 5.74) is 3.63. The maximum absolute atomic E-state index is 12.3. The summed E-state index contributed by atoms with van der Waals surface area (Å²) < 4.78 is 10.5. The van der Waals surface area contributed by atoms with Gasteiger partial charge in [-0.2, -0.15) is 0 Å². The molecule has 0 saturated heterocycles. The number of aryl methyl sites for hydroxylation is 3. The molecule has 20 heavy (non-hydrogen) atoms. The molecule has 0 unspecified atom stereocenters. The summed E-state index contributed by atoms with van der Waals surface area (Å²) in [6, 6.07) is 10.9. The van der Waals surface area contributed by atoms with E-state index >= 15 is 0 Å². The second kappa shape index (κ2) is 5.78. The molecule has 0 aromatic heterocycles. The number of hydrogen-bond acceptors (Lipinski definition) is 3. The summed E-state index contributed by atoms with van der Waals surface area (Å²) >= 11 is 0. The van der Waals surface area contributed by atoms with Gasteiger partial charge in [-0.05, 0) is 56.2 Å². The molecule has 0 spiro atoms. The Bertz CT molecular complexity index is 604. The summed E-state index contributed by atoms with van der Waals surface area (Å²) in [6.07, 6.45) is 0. The van der Waals surface area contributed by atoms with Crippen molar-refractivity contribution in [3.05, 3.63) is 58.7 Å². The Morgan fingerprint density at radius 2 is 1.40 bits per heavy atom. The summed E-state index contributed by atoms with van der Waals surface area (Å²) in [4.78, 5) is 12.3. The highest BCUT2D eigenvalue weighted by molar-refractivity contribution is 5.94. The van der Waals surface area contributed by atoms with Gasteiger partial charge in [-0.25, -0.2) is 4.79 Å². The second-order valence-electron chi connectivity index (χ2n) is 4.84. The minimum absolute atomic E-state index is 0.329. The van der Waals surface area contributed by atoms with Gasteiger partial charge in [0.2, 0.25) is 0 Å². The Hall–Kier alpha value is -2.29. The third-order valence-corrected chi connectivity index (χ3v) is 3.15. The van der Waals surface area contributed by atoms with Crippen molar-refractivity contribution in [1.82, 2.24) is 0 Å². The molecule has 104 valence electrons. The van der Waals surface area contributed by atoms with Crippen LogP contribution in [0, 0.1) is 20.8 Å². The van der Waals surface area contributed by atoms with Crippen LogP contribution >= 0.6 is 0 Å². The van der Waals surface area contributed by atoms with E-state index in [9.17, 15) is 4.79 Å². The van der Waals surface area contributed by atoms with E-state index in [1.165, 1.54) is 0 Å². The zero-order chi connectivity index (χ0) is 14.7. The van der Waals surface area contributed by atoms with Crippen LogP contribution in [-0.2, 0) is 0 Å². The minimum Gasteiger partial charge on any atom is -0.497 e. The lowest BCUT2D eigenvalue weighted by Crippen LogP contribution is -2.12. The van der Waals surface area contributed by atoms with Gasteiger partial charge in [0.1, 0.15) is 11.5 Å². The normalized spacial score (nSPS) is 10.2. The Labute approximate surface area is 119 Å². The maximum atomic E-state index is 12.3. The summed E-state index contributed by atoms with van der Waals surface area (Å²) in [7, 11) is 1.60. The molecule has 0 aliphatic heterocycles. The first-order valence-electron chi connectivity index (χ1n) is 6.45. The van der Waals surface area contributed by atoms with Crippen LogP contribution in [0.4, 0.5) is 0 Å². The molecular formula is C17H18O3. The fourth-order valence-corrected chi connectivity index (χ4v) is 2.30. The molecule has 0 saturated carbocycles. The molecule has 0 bridgehead atoms. The minimum atomic E-state index is -0.329. The predicted octanol–water partition coefficient (Wildman–Crippen LogP) is 3.84. The number of ether oxygens (including phenoxy) is 2. The molecule has 0 fully saturated rings. The molecule has 3 heteroatoms. The van der Waals surface area contributed by atoms with Crippen LogP contribution in [0.3, 0.4) is 0 Å². The van der Waals surface area contributed by atoms with Crippen LogP contribution in [0.5, 0.6) is 11.5 Å². The van der Waals surface area contributed by atoms with Crippen molar-refractivity contribution in [2.75, 3.05) is 7.11 Å². The SMILES string of the molecule is COc1ccc(OC(=O)c2c(C)cc(C)cc2C)cc1. The molecular weight excluding hydrogens is 252 g/mol.